The standard InChI is InChI=1S/C12H23NO4/c1-3-13-11(12(14)15)8-17-10-6-4-5-9(7-10)16-2/h9-11,13H,3-8H2,1-2H3,(H,14,15). The number of ether oxygens (including phenoxy) is 2. The van der Waals surface area contributed by atoms with Crippen LogP contribution in [0.5, 0.6) is 0 Å². The number of aliphatic carboxylic acids is 1. The zero-order valence-electron chi connectivity index (χ0n) is 10.6. The summed E-state index contributed by atoms with van der Waals surface area (Å²) in [6.45, 7) is 2.74. The summed E-state index contributed by atoms with van der Waals surface area (Å²) in [5.41, 5.74) is 0. The lowest BCUT2D eigenvalue weighted by Gasteiger charge is -2.29. The van der Waals surface area contributed by atoms with Gasteiger partial charge < -0.3 is 19.9 Å². The predicted molar refractivity (Wildman–Crippen MR) is 64.1 cm³/mol. The molecule has 0 aliphatic heterocycles. The van der Waals surface area contributed by atoms with Crippen molar-refractivity contribution in [3.05, 3.63) is 0 Å². The van der Waals surface area contributed by atoms with Crippen LogP contribution in [-0.4, -0.2) is 49.6 Å². The average molecular weight is 245 g/mol. The zero-order valence-corrected chi connectivity index (χ0v) is 10.6. The molecule has 100 valence electrons. The van der Waals surface area contributed by atoms with Crippen molar-refractivity contribution in [3.8, 4) is 0 Å². The smallest absolute Gasteiger partial charge is 0.323 e. The van der Waals surface area contributed by atoms with Gasteiger partial charge in [-0.05, 0) is 32.2 Å². The third kappa shape index (κ3) is 5.02. The Morgan fingerprint density at radius 3 is 2.76 bits per heavy atom. The normalized spacial score (nSPS) is 26.7. The van der Waals surface area contributed by atoms with Crippen LogP contribution in [0.2, 0.25) is 0 Å². The summed E-state index contributed by atoms with van der Waals surface area (Å²) in [6.07, 6.45) is 4.42. The number of hydrogen-bond acceptors (Lipinski definition) is 4. The van der Waals surface area contributed by atoms with E-state index < -0.39 is 12.0 Å². The van der Waals surface area contributed by atoms with Crippen LogP contribution in [0.15, 0.2) is 0 Å². The SMILES string of the molecule is CCNC(COC1CCCC(OC)C1)C(=O)O. The number of rotatable bonds is 7. The second-order valence-corrected chi connectivity index (χ2v) is 4.43. The molecule has 0 bridgehead atoms. The van der Waals surface area contributed by atoms with Crippen molar-refractivity contribution in [2.24, 2.45) is 0 Å². The summed E-state index contributed by atoms with van der Waals surface area (Å²) in [6, 6.07) is -0.608. The van der Waals surface area contributed by atoms with Gasteiger partial charge in [0, 0.05) is 7.11 Å². The lowest BCUT2D eigenvalue weighted by atomic mass is 9.95. The van der Waals surface area contributed by atoms with Gasteiger partial charge in [-0.3, -0.25) is 4.79 Å². The second kappa shape index (κ2) is 7.63. The molecule has 1 rings (SSSR count). The summed E-state index contributed by atoms with van der Waals surface area (Å²) < 4.78 is 11.0. The maximum absolute atomic E-state index is 10.9. The second-order valence-electron chi connectivity index (χ2n) is 4.43. The zero-order chi connectivity index (χ0) is 12.7. The van der Waals surface area contributed by atoms with Crippen LogP contribution in [0.3, 0.4) is 0 Å². The molecule has 0 heterocycles. The van der Waals surface area contributed by atoms with Crippen molar-refractivity contribution in [1.29, 1.82) is 0 Å². The van der Waals surface area contributed by atoms with E-state index in [2.05, 4.69) is 5.32 Å². The van der Waals surface area contributed by atoms with Crippen LogP contribution in [0.25, 0.3) is 0 Å². The van der Waals surface area contributed by atoms with Crippen LogP contribution in [0, 0.1) is 0 Å². The van der Waals surface area contributed by atoms with Crippen molar-refractivity contribution < 1.29 is 19.4 Å². The van der Waals surface area contributed by atoms with Crippen LogP contribution in [-0.2, 0) is 14.3 Å². The molecule has 17 heavy (non-hydrogen) atoms. The average Bonchev–Trinajstić information content (AvgIpc) is 2.34. The molecule has 5 nitrogen and oxygen atoms in total. The molecule has 5 heteroatoms. The maximum Gasteiger partial charge on any atom is 0.323 e. The number of likely N-dealkylation sites (N-methyl/N-ethyl adjacent to an activating group) is 1. The van der Waals surface area contributed by atoms with E-state index >= 15 is 0 Å². The van der Waals surface area contributed by atoms with Gasteiger partial charge in [0.1, 0.15) is 6.04 Å². The van der Waals surface area contributed by atoms with Crippen molar-refractivity contribution in [1.82, 2.24) is 5.32 Å². The molecule has 1 aliphatic rings. The highest BCUT2D eigenvalue weighted by Gasteiger charge is 2.24. The van der Waals surface area contributed by atoms with Gasteiger partial charge in [0.05, 0.1) is 18.8 Å². The fraction of sp³-hybridized carbons (Fsp3) is 0.917. The third-order valence-corrected chi connectivity index (χ3v) is 3.16. The quantitative estimate of drug-likeness (QED) is 0.701. The van der Waals surface area contributed by atoms with Gasteiger partial charge in [-0.15, -0.1) is 0 Å². The van der Waals surface area contributed by atoms with Gasteiger partial charge in [-0.2, -0.15) is 0 Å². The Labute approximate surface area is 102 Å². The van der Waals surface area contributed by atoms with Gasteiger partial charge in [0.25, 0.3) is 0 Å². The molecule has 0 aromatic heterocycles. The molecule has 1 saturated carbocycles. The Morgan fingerprint density at radius 2 is 2.18 bits per heavy atom. The Kier molecular flexibility index (Phi) is 6.47. The molecule has 2 N–H and O–H groups in total. The minimum Gasteiger partial charge on any atom is -0.480 e. The van der Waals surface area contributed by atoms with Gasteiger partial charge in [0.15, 0.2) is 0 Å². The van der Waals surface area contributed by atoms with Crippen molar-refractivity contribution >= 4 is 5.97 Å². The molecule has 0 aromatic carbocycles. The Balaban J connectivity index is 2.30. The molecule has 0 spiro atoms. The molecular weight excluding hydrogens is 222 g/mol. The molecule has 0 aromatic rings. The highest BCUT2D eigenvalue weighted by atomic mass is 16.5. The van der Waals surface area contributed by atoms with E-state index in [0.29, 0.717) is 6.54 Å². The van der Waals surface area contributed by atoms with E-state index in [1.165, 1.54) is 0 Å². The van der Waals surface area contributed by atoms with E-state index in [4.69, 9.17) is 14.6 Å². The first-order valence-corrected chi connectivity index (χ1v) is 6.28. The summed E-state index contributed by atoms with van der Waals surface area (Å²) in [4.78, 5) is 10.9. The molecule has 0 amide bonds. The first-order chi connectivity index (χ1) is 8.17. The van der Waals surface area contributed by atoms with Crippen LogP contribution in [0.4, 0.5) is 0 Å². The van der Waals surface area contributed by atoms with E-state index in [-0.39, 0.29) is 18.8 Å². The first kappa shape index (κ1) is 14.4. The topological polar surface area (TPSA) is 67.8 Å². The monoisotopic (exact) mass is 245 g/mol. The molecule has 3 unspecified atom stereocenters. The number of nitrogens with one attached hydrogen (secondary N) is 1. The van der Waals surface area contributed by atoms with Gasteiger partial charge >= 0.3 is 5.97 Å². The molecule has 0 saturated heterocycles. The summed E-state index contributed by atoms with van der Waals surface area (Å²) in [5.74, 6) is -0.856. The van der Waals surface area contributed by atoms with E-state index in [1.54, 1.807) is 7.11 Å². The highest BCUT2D eigenvalue weighted by molar-refractivity contribution is 5.73. The van der Waals surface area contributed by atoms with Crippen LogP contribution >= 0.6 is 0 Å². The Morgan fingerprint density at radius 1 is 1.47 bits per heavy atom. The lowest BCUT2D eigenvalue weighted by Crippen LogP contribution is -2.42. The van der Waals surface area contributed by atoms with E-state index in [9.17, 15) is 4.79 Å². The van der Waals surface area contributed by atoms with Gasteiger partial charge in [-0.1, -0.05) is 6.92 Å². The van der Waals surface area contributed by atoms with Gasteiger partial charge in [-0.25, -0.2) is 0 Å². The fourth-order valence-corrected chi connectivity index (χ4v) is 2.16. The largest absolute Gasteiger partial charge is 0.480 e. The van der Waals surface area contributed by atoms with Crippen LogP contribution in [0.1, 0.15) is 32.6 Å². The van der Waals surface area contributed by atoms with E-state index in [1.807, 2.05) is 6.92 Å². The number of carboxylic acids is 1. The lowest BCUT2D eigenvalue weighted by molar-refractivity contribution is -0.142. The Hall–Kier alpha value is -0.650. The van der Waals surface area contributed by atoms with Crippen LogP contribution < -0.4 is 5.32 Å². The predicted octanol–water partition coefficient (Wildman–Crippen LogP) is 1.02. The summed E-state index contributed by atoms with van der Waals surface area (Å²) in [5, 5.41) is 11.9. The molecule has 1 fully saturated rings. The third-order valence-electron chi connectivity index (χ3n) is 3.16. The summed E-state index contributed by atoms with van der Waals surface area (Å²) >= 11 is 0. The minimum atomic E-state index is -0.856. The van der Waals surface area contributed by atoms with Crippen molar-refractivity contribution in [3.63, 3.8) is 0 Å². The minimum absolute atomic E-state index is 0.134. The first-order valence-electron chi connectivity index (χ1n) is 6.28. The van der Waals surface area contributed by atoms with Gasteiger partial charge in [0.2, 0.25) is 0 Å². The molecular formula is C12H23NO4. The summed E-state index contributed by atoms with van der Waals surface area (Å²) in [7, 11) is 1.71. The fourth-order valence-electron chi connectivity index (χ4n) is 2.16. The Bertz CT molecular complexity index is 235. The van der Waals surface area contributed by atoms with Crippen molar-refractivity contribution in [2.45, 2.75) is 50.9 Å². The maximum atomic E-state index is 10.9. The highest BCUT2D eigenvalue weighted by Crippen LogP contribution is 2.23. The molecule has 3 atom stereocenters. The molecule has 0 radical (unpaired) electrons. The van der Waals surface area contributed by atoms with Crippen molar-refractivity contribution in [2.75, 3.05) is 20.3 Å². The number of methoxy groups -OCH3 is 1. The van der Waals surface area contributed by atoms with E-state index in [0.717, 1.165) is 25.7 Å². The molecule has 1 aliphatic carbocycles. The number of hydrogen-bond donors (Lipinski definition) is 2. The number of carbonyl (C=O) groups is 1. The number of carboxylic acid groups (broad SMARTS) is 1.